The van der Waals surface area contributed by atoms with E-state index in [1.54, 1.807) is 18.2 Å². The minimum atomic E-state index is -0.243. The molecule has 2 heterocycles. The van der Waals surface area contributed by atoms with Crippen molar-refractivity contribution in [2.45, 2.75) is 6.10 Å². The predicted molar refractivity (Wildman–Crippen MR) is 92.9 cm³/mol. The number of carbonyl (C=O) groups excluding carboxylic acids is 1. The Morgan fingerprint density at radius 1 is 1.33 bits per heavy atom. The zero-order chi connectivity index (χ0) is 16.5. The number of H-pyrrole nitrogens is 1. The summed E-state index contributed by atoms with van der Waals surface area (Å²) in [6.45, 7) is 1.10. The largest absolute Gasteiger partial charge is 0.490 e. The number of amides is 1. The number of nitrogens with one attached hydrogen (secondary N) is 2. The van der Waals surface area contributed by atoms with Crippen molar-refractivity contribution in [3.63, 3.8) is 0 Å². The van der Waals surface area contributed by atoms with Crippen LogP contribution in [-0.2, 0) is 4.74 Å². The molecule has 1 unspecified atom stereocenters. The lowest BCUT2D eigenvalue weighted by Crippen LogP contribution is -2.15. The average Bonchev–Trinajstić information content (AvgIpc) is 3.28. The highest BCUT2D eigenvalue weighted by molar-refractivity contribution is 6.31. The van der Waals surface area contributed by atoms with Gasteiger partial charge in [-0.15, -0.1) is 0 Å². The third-order valence-corrected chi connectivity index (χ3v) is 4.09. The zero-order valence-electron chi connectivity index (χ0n) is 12.7. The van der Waals surface area contributed by atoms with Crippen molar-refractivity contribution in [2.75, 3.05) is 18.5 Å². The van der Waals surface area contributed by atoms with Gasteiger partial charge in [-0.05, 0) is 36.4 Å². The second-order valence-corrected chi connectivity index (χ2v) is 6.04. The van der Waals surface area contributed by atoms with Gasteiger partial charge in [0.2, 0.25) is 0 Å². The number of benzene rings is 2. The number of anilines is 1. The summed E-state index contributed by atoms with van der Waals surface area (Å²) in [5, 5.41) is 4.41. The van der Waals surface area contributed by atoms with Gasteiger partial charge in [-0.2, -0.15) is 0 Å². The summed E-state index contributed by atoms with van der Waals surface area (Å²) in [7, 11) is 0. The van der Waals surface area contributed by atoms with Crippen LogP contribution in [0.15, 0.2) is 48.7 Å². The van der Waals surface area contributed by atoms with Crippen molar-refractivity contribution in [1.82, 2.24) is 4.98 Å². The second-order valence-electron chi connectivity index (χ2n) is 5.61. The van der Waals surface area contributed by atoms with Gasteiger partial charge in [-0.25, -0.2) is 0 Å². The lowest BCUT2D eigenvalue weighted by molar-refractivity contribution is 0.102. The van der Waals surface area contributed by atoms with Crippen molar-refractivity contribution in [2.24, 2.45) is 0 Å². The van der Waals surface area contributed by atoms with E-state index >= 15 is 0 Å². The molecule has 1 aliphatic rings. The fourth-order valence-electron chi connectivity index (χ4n) is 2.53. The molecule has 2 N–H and O–H groups in total. The first kappa shape index (κ1) is 15.1. The van der Waals surface area contributed by atoms with E-state index in [4.69, 9.17) is 21.1 Å². The van der Waals surface area contributed by atoms with E-state index in [2.05, 4.69) is 10.3 Å². The van der Waals surface area contributed by atoms with E-state index in [0.29, 0.717) is 29.5 Å². The Labute approximate surface area is 143 Å². The van der Waals surface area contributed by atoms with Crippen molar-refractivity contribution in [1.29, 1.82) is 0 Å². The van der Waals surface area contributed by atoms with E-state index in [-0.39, 0.29) is 12.0 Å². The number of aromatic nitrogens is 1. The minimum Gasteiger partial charge on any atom is -0.490 e. The Kier molecular flexibility index (Phi) is 3.88. The van der Waals surface area contributed by atoms with Crippen molar-refractivity contribution >= 4 is 34.1 Å². The molecule has 6 heteroatoms. The number of epoxide rings is 1. The summed E-state index contributed by atoms with van der Waals surface area (Å²) in [6.07, 6.45) is 1.95. The topological polar surface area (TPSA) is 66.7 Å². The average molecular weight is 343 g/mol. The number of ether oxygens (including phenoxy) is 2. The lowest BCUT2D eigenvalue weighted by atomic mass is 10.1. The van der Waals surface area contributed by atoms with E-state index in [1.165, 1.54) is 0 Å². The first-order valence-corrected chi connectivity index (χ1v) is 8.00. The number of fused-ring (bicyclic) bond motifs is 1. The molecule has 2 aromatic carbocycles. The highest BCUT2D eigenvalue weighted by atomic mass is 35.5. The maximum Gasteiger partial charge on any atom is 0.259 e. The van der Waals surface area contributed by atoms with Crippen molar-refractivity contribution < 1.29 is 14.3 Å². The molecule has 1 saturated heterocycles. The van der Waals surface area contributed by atoms with Crippen LogP contribution in [0.4, 0.5) is 5.69 Å². The van der Waals surface area contributed by atoms with Gasteiger partial charge < -0.3 is 19.8 Å². The Morgan fingerprint density at radius 2 is 2.21 bits per heavy atom. The number of hydrogen-bond donors (Lipinski definition) is 2. The van der Waals surface area contributed by atoms with Crippen LogP contribution in [0.25, 0.3) is 10.9 Å². The molecule has 0 bridgehead atoms. The van der Waals surface area contributed by atoms with Crippen LogP contribution in [0.2, 0.25) is 5.02 Å². The van der Waals surface area contributed by atoms with Gasteiger partial charge >= 0.3 is 0 Å². The first-order valence-electron chi connectivity index (χ1n) is 7.62. The van der Waals surface area contributed by atoms with Crippen molar-refractivity contribution in [3.05, 3.63) is 59.2 Å². The van der Waals surface area contributed by atoms with Gasteiger partial charge in [0.15, 0.2) is 0 Å². The van der Waals surface area contributed by atoms with Crippen LogP contribution in [0, 0.1) is 0 Å². The fourth-order valence-corrected chi connectivity index (χ4v) is 2.70. The van der Waals surface area contributed by atoms with Crippen LogP contribution < -0.4 is 10.1 Å². The molecule has 1 fully saturated rings. The van der Waals surface area contributed by atoms with E-state index in [9.17, 15) is 4.79 Å². The number of aromatic amines is 1. The van der Waals surface area contributed by atoms with E-state index < -0.39 is 0 Å². The monoisotopic (exact) mass is 342 g/mol. The summed E-state index contributed by atoms with van der Waals surface area (Å²) in [5.74, 6) is 0.212. The summed E-state index contributed by atoms with van der Waals surface area (Å²) in [4.78, 5) is 15.8. The van der Waals surface area contributed by atoms with Gasteiger partial charge in [-0.3, -0.25) is 4.79 Å². The van der Waals surface area contributed by atoms with Gasteiger partial charge in [0, 0.05) is 22.1 Å². The number of hydrogen-bond acceptors (Lipinski definition) is 3. The lowest BCUT2D eigenvalue weighted by Gasteiger charge is -2.12. The molecule has 122 valence electrons. The molecule has 1 aliphatic heterocycles. The summed E-state index contributed by atoms with van der Waals surface area (Å²) in [5.41, 5.74) is 2.14. The zero-order valence-corrected chi connectivity index (χ0v) is 13.5. The predicted octanol–water partition coefficient (Wildman–Crippen LogP) is 3.85. The molecule has 0 aliphatic carbocycles. The van der Waals surface area contributed by atoms with Crippen LogP contribution >= 0.6 is 11.6 Å². The molecule has 1 aromatic heterocycles. The Balaban J connectivity index is 1.60. The third-order valence-electron chi connectivity index (χ3n) is 3.86. The van der Waals surface area contributed by atoms with Gasteiger partial charge in [-0.1, -0.05) is 17.7 Å². The Hall–Kier alpha value is -2.50. The molecule has 0 radical (unpaired) electrons. The highest BCUT2D eigenvalue weighted by Crippen LogP contribution is 2.27. The summed E-state index contributed by atoms with van der Waals surface area (Å²) in [6, 6.07) is 12.6. The maximum atomic E-state index is 12.7. The normalized spacial score (nSPS) is 16.1. The standard InChI is InChI=1S/C18H15ClN2O3/c19-11-4-5-14(17(8-11)24-10-12-9-23-12)18(22)21-16-3-1-2-15-13(16)6-7-20-15/h1-8,12,20H,9-10H2,(H,21,22). The molecular formula is C18H15ClN2O3. The summed E-state index contributed by atoms with van der Waals surface area (Å²) < 4.78 is 10.8. The maximum absolute atomic E-state index is 12.7. The molecular weight excluding hydrogens is 328 g/mol. The third kappa shape index (κ3) is 3.09. The highest BCUT2D eigenvalue weighted by Gasteiger charge is 2.24. The van der Waals surface area contributed by atoms with Crippen LogP contribution in [0.1, 0.15) is 10.4 Å². The smallest absolute Gasteiger partial charge is 0.259 e. The Bertz CT molecular complexity index is 902. The molecule has 0 saturated carbocycles. The molecule has 0 spiro atoms. The second kappa shape index (κ2) is 6.19. The Morgan fingerprint density at radius 3 is 3.04 bits per heavy atom. The molecule has 24 heavy (non-hydrogen) atoms. The van der Waals surface area contributed by atoms with Gasteiger partial charge in [0.05, 0.1) is 17.9 Å². The van der Waals surface area contributed by atoms with Crippen LogP contribution in [0.5, 0.6) is 5.75 Å². The molecule has 3 aromatic rings. The SMILES string of the molecule is O=C(Nc1cccc2[nH]ccc12)c1ccc(Cl)cc1OCC1CO1. The van der Waals surface area contributed by atoms with Crippen LogP contribution in [-0.4, -0.2) is 30.2 Å². The molecule has 1 atom stereocenters. The summed E-state index contributed by atoms with van der Waals surface area (Å²) >= 11 is 6.03. The molecule has 1 amide bonds. The number of rotatable bonds is 5. The fraction of sp³-hybridized carbons (Fsp3) is 0.167. The number of carbonyl (C=O) groups is 1. The quantitative estimate of drug-likeness (QED) is 0.692. The van der Waals surface area contributed by atoms with Crippen molar-refractivity contribution in [3.8, 4) is 5.75 Å². The van der Waals surface area contributed by atoms with Crippen LogP contribution in [0.3, 0.4) is 0 Å². The first-order chi connectivity index (χ1) is 11.7. The minimum absolute atomic E-state index is 0.105. The molecule has 4 rings (SSSR count). The van der Waals surface area contributed by atoms with E-state index in [0.717, 1.165) is 16.6 Å². The van der Waals surface area contributed by atoms with Gasteiger partial charge in [0.1, 0.15) is 18.5 Å². The number of halogens is 1. The van der Waals surface area contributed by atoms with Gasteiger partial charge in [0.25, 0.3) is 5.91 Å². The van der Waals surface area contributed by atoms with E-state index in [1.807, 2.05) is 30.5 Å². The molecule has 5 nitrogen and oxygen atoms in total.